The standard InChI is InChI=1S/C12H27N3O4S2/c1-3-21(18,19)14-10-6-9-13-11-7-4-5-8-12(11)15-20(2,16)17/h11-15H,3-10H2,1-2H3/t11-,12+/m1/s1. The van der Waals surface area contributed by atoms with Crippen LogP contribution in [0.1, 0.15) is 39.0 Å². The molecule has 1 aliphatic rings. The molecule has 0 heterocycles. The Labute approximate surface area is 128 Å². The smallest absolute Gasteiger partial charge is 0.211 e. The van der Waals surface area contributed by atoms with Crippen LogP contribution in [0.2, 0.25) is 0 Å². The molecule has 1 saturated carbocycles. The lowest BCUT2D eigenvalue weighted by molar-refractivity contribution is 0.310. The van der Waals surface area contributed by atoms with Gasteiger partial charge in [-0.25, -0.2) is 26.3 Å². The van der Waals surface area contributed by atoms with Gasteiger partial charge in [-0.3, -0.25) is 0 Å². The van der Waals surface area contributed by atoms with Crippen LogP contribution in [0.3, 0.4) is 0 Å². The van der Waals surface area contributed by atoms with Crippen LogP contribution in [0.25, 0.3) is 0 Å². The molecular weight excluding hydrogens is 314 g/mol. The molecule has 21 heavy (non-hydrogen) atoms. The summed E-state index contributed by atoms with van der Waals surface area (Å²) >= 11 is 0. The summed E-state index contributed by atoms with van der Waals surface area (Å²) in [4.78, 5) is 0. The van der Waals surface area contributed by atoms with Crippen molar-refractivity contribution in [1.29, 1.82) is 0 Å². The molecule has 0 amide bonds. The Morgan fingerprint density at radius 2 is 1.62 bits per heavy atom. The van der Waals surface area contributed by atoms with E-state index in [9.17, 15) is 16.8 Å². The van der Waals surface area contributed by atoms with E-state index in [0.29, 0.717) is 19.5 Å². The number of nitrogens with one attached hydrogen (secondary N) is 3. The van der Waals surface area contributed by atoms with Crippen LogP contribution in [-0.2, 0) is 20.0 Å². The highest BCUT2D eigenvalue weighted by atomic mass is 32.2. The fraction of sp³-hybridized carbons (Fsp3) is 1.00. The van der Waals surface area contributed by atoms with Gasteiger partial charge in [-0.1, -0.05) is 12.8 Å². The second-order valence-electron chi connectivity index (χ2n) is 5.49. The Morgan fingerprint density at radius 1 is 1.00 bits per heavy atom. The van der Waals surface area contributed by atoms with Crippen molar-refractivity contribution in [2.24, 2.45) is 0 Å². The second-order valence-corrected chi connectivity index (χ2v) is 9.37. The SMILES string of the molecule is CCS(=O)(=O)NCCCN[C@@H]1CCCC[C@@H]1NS(C)(=O)=O. The molecule has 1 fully saturated rings. The van der Waals surface area contributed by atoms with Crippen LogP contribution >= 0.6 is 0 Å². The molecule has 0 aromatic rings. The van der Waals surface area contributed by atoms with E-state index in [1.54, 1.807) is 6.92 Å². The Balaban J connectivity index is 2.31. The molecule has 0 spiro atoms. The number of rotatable bonds is 9. The van der Waals surface area contributed by atoms with Gasteiger partial charge in [-0.05, 0) is 32.7 Å². The summed E-state index contributed by atoms with van der Waals surface area (Å²) in [5, 5.41) is 3.34. The molecule has 0 unspecified atom stereocenters. The van der Waals surface area contributed by atoms with Crippen molar-refractivity contribution in [1.82, 2.24) is 14.8 Å². The first-order chi connectivity index (χ1) is 9.73. The minimum atomic E-state index is -3.20. The molecule has 0 saturated heterocycles. The van der Waals surface area contributed by atoms with Crippen molar-refractivity contribution in [2.45, 2.75) is 51.1 Å². The Hall–Kier alpha value is -0.220. The largest absolute Gasteiger partial charge is 0.312 e. The first-order valence-electron chi connectivity index (χ1n) is 7.41. The lowest BCUT2D eigenvalue weighted by atomic mass is 9.91. The van der Waals surface area contributed by atoms with Gasteiger partial charge >= 0.3 is 0 Å². The van der Waals surface area contributed by atoms with Crippen LogP contribution in [-0.4, -0.2) is 54.0 Å². The van der Waals surface area contributed by atoms with Crippen LogP contribution in [0.15, 0.2) is 0 Å². The zero-order valence-electron chi connectivity index (χ0n) is 12.8. The van der Waals surface area contributed by atoms with E-state index < -0.39 is 20.0 Å². The summed E-state index contributed by atoms with van der Waals surface area (Å²) in [6, 6.07) is 0.0531. The molecule has 9 heteroatoms. The Bertz CT molecular complexity index is 505. The van der Waals surface area contributed by atoms with Gasteiger partial charge in [0.05, 0.1) is 12.0 Å². The van der Waals surface area contributed by atoms with Crippen LogP contribution in [0, 0.1) is 0 Å². The van der Waals surface area contributed by atoms with Crippen molar-refractivity contribution in [2.75, 3.05) is 25.1 Å². The first kappa shape index (κ1) is 18.8. The van der Waals surface area contributed by atoms with Crippen LogP contribution < -0.4 is 14.8 Å². The quantitative estimate of drug-likeness (QED) is 0.502. The van der Waals surface area contributed by atoms with E-state index in [0.717, 1.165) is 25.7 Å². The van der Waals surface area contributed by atoms with Crippen LogP contribution in [0.5, 0.6) is 0 Å². The van der Waals surface area contributed by atoms with E-state index in [4.69, 9.17) is 0 Å². The summed E-state index contributed by atoms with van der Waals surface area (Å²) in [6.07, 6.45) is 5.75. The maximum atomic E-state index is 11.3. The molecule has 3 N–H and O–H groups in total. The van der Waals surface area contributed by atoms with E-state index in [-0.39, 0.29) is 17.8 Å². The summed E-state index contributed by atoms with van der Waals surface area (Å²) in [5.74, 6) is 0.0867. The molecule has 0 aromatic heterocycles. The van der Waals surface area contributed by atoms with E-state index in [2.05, 4.69) is 14.8 Å². The zero-order chi connectivity index (χ0) is 15.9. The van der Waals surface area contributed by atoms with Crippen molar-refractivity contribution in [3.63, 3.8) is 0 Å². The Morgan fingerprint density at radius 3 is 2.19 bits per heavy atom. The van der Waals surface area contributed by atoms with Crippen LogP contribution in [0.4, 0.5) is 0 Å². The zero-order valence-corrected chi connectivity index (χ0v) is 14.4. The second kappa shape index (κ2) is 8.42. The highest BCUT2D eigenvalue weighted by molar-refractivity contribution is 7.89. The fourth-order valence-corrected chi connectivity index (χ4v) is 3.99. The van der Waals surface area contributed by atoms with E-state index in [1.807, 2.05) is 0 Å². The third-order valence-electron chi connectivity index (χ3n) is 3.59. The molecule has 7 nitrogen and oxygen atoms in total. The first-order valence-corrected chi connectivity index (χ1v) is 11.0. The van der Waals surface area contributed by atoms with Gasteiger partial charge in [0.15, 0.2) is 0 Å². The summed E-state index contributed by atoms with van der Waals surface area (Å²) in [7, 11) is -6.33. The van der Waals surface area contributed by atoms with Gasteiger partial charge in [0, 0.05) is 18.6 Å². The minimum absolute atomic E-state index is 0.0684. The maximum absolute atomic E-state index is 11.3. The molecule has 1 rings (SSSR count). The maximum Gasteiger partial charge on any atom is 0.211 e. The van der Waals surface area contributed by atoms with Gasteiger partial charge in [0.1, 0.15) is 0 Å². The third-order valence-corrected chi connectivity index (χ3v) is 5.73. The normalized spacial score (nSPS) is 24.1. The third kappa shape index (κ3) is 8.10. The minimum Gasteiger partial charge on any atom is -0.312 e. The predicted molar refractivity (Wildman–Crippen MR) is 84.1 cm³/mol. The monoisotopic (exact) mass is 341 g/mol. The van der Waals surface area contributed by atoms with Gasteiger partial charge in [0.2, 0.25) is 20.0 Å². The van der Waals surface area contributed by atoms with E-state index in [1.165, 1.54) is 6.26 Å². The van der Waals surface area contributed by atoms with Gasteiger partial charge in [-0.2, -0.15) is 0 Å². The van der Waals surface area contributed by atoms with Crippen molar-refractivity contribution in [3.05, 3.63) is 0 Å². The number of hydrogen-bond acceptors (Lipinski definition) is 5. The molecular formula is C12H27N3O4S2. The fourth-order valence-electron chi connectivity index (χ4n) is 2.50. The summed E-state index contributed by atoms with van der Waals surface area (Å²) in [6.45, 7) is 2.67. The molecule has 126 valence electrons. The highest BCUT2D eigenvalue weighted by Crippen LogP contribution is 2.19. The van der Waals surface area contributed by atoms with Gasteiger partial charge in [0.25, 0.3) is 0 Å². The molecule has 0 radical (unpaired) electrons. The number of sulfonamides is 2. The lowest BCUT2D eigenvalue weighted by Crippen LogP contribution is -2.51. The van der Waals surface area contributed by atoms with Crippen molar-refractivity contribution in [3.8, 4) is 0 Å². The van der Waals surface area contributed by atoms with Gasteiger partial charge in [-0.15, -0.1) is 0 Å². The molecule has 1 aliphatic carbocycles. The molecule has 0 bridgehead atoms. The molecule has 0 aromatic carbocycles. The summed E-state index contributed by atoms with van der Waals surface area (Å²) in [5.41, 5.74) is 0. The topological polar surface area (TPSA) is 104 Å². The predicted octanol–water partition coefficient (Wildman–Crippen LogP) is -0.234. The lowest BCUT2D eigenvalue weighted by Gasteiger charge is -2.32. The average Bonchev–Trinajstić information content (AvgIpc) is 2.38. The van der Waals surface area contributed by atoms with E-state index >= 15 is 0 Å². The Kier molecular flexibility index (Phi) is 7.55. The molecule has 2 atom stereocenters. The number of hydrogen-bond donors (Lipinski definition) is 3. The van der Waals surface area contributed by atoms with Gasteiger partial charge < -0.3 is 5.32 Å². The highest BCUT2D eigenvalue weighted by Gasteiger charge is 2.26. The summed E-state index contributed by atoms with van der Waals surface area (Å²) < 4.78 is 50.4. The average molecular weight is 341 g/mol. The molecule has 0 aliphatic heterocycles. The van der Waals surface area contributed by atoms with Crippen molar-refractivity contribution < 1.29 is 16.8 Å². The van der Waals surface area contributed by atoms with Crippen molar-refractivity contribution >= 4 is 20.0 Å².